The molecule has 1 fully saturated rings. The van der Waals surface area contributed by atoms with Crippen molar-refractivity contribution in [3.05, 3.63) is 0 Å². The normalized spacial score (nSPS) is 25.3. The van der Waals surface area contributed by atoms with Crippen molar-refractivity contribution in [3.63, 3.8) is 0 Å². The molecule has 1 aliphatic heterocycles. The van der Waals surface area contributed by atoms with Gasteiger partial charge in [-0.15, -0.1) is 0 Å². The second kappa shape index (κ2) is 8.54. The van der Waals surface area contributed by atoms with Crippen LogP contribution in [0, 0.1) is 17.8 Å². The molecule has 2 unspecified atom stereocenters. The Kier molecular flexibility index (Phi) is 7.39. The average molecular weight is 271 g/mol. The number of esters is 1. The van der Waals surface area contributed by atoms with Crippen molar-refractivity contribution in [1.82, 2.24) is 0 Å². The first kappa shape index (κ1) is 16.4. The number of rotatable bonds is 7. The Bertz CT molecular complexity index is 268. The van der Waals surface area contributed by atoms with Crippen LogP contribution >= 0.6 is 0 Å². The lowest BCUT2D eigenvalue weighted by Crippen LogP contribution is -2.28. The first-order valence-corrected chi connectivity index (χ1v) is 7.48. The van der Waals surface area contributed by atoms with E-state index < -0.39 is 0 Å². The SMILES string of the molecule is CC(C)C[C@H](CN)CC(=O)OCC1CCOC(C)C1. The van der Waals surface area contributed by atoms with Crippen LogP contribution in [0.2, 0.25) is 0 Å². The molecule has 0 aromatic rings. The van der Waals surface area contributed by atoms with Crippen LogP contribution in [0.4, 0.5) is 0 Å². The molecule has 2 N–H and O–H groups in total. The molecule has 1 heterocycles. The number of ether oxygens (including phenoxy) is 2. The third-order valence-corrected chi connectivity index (χ3v) is 3.67. The minimum absolute atomic E-state index is 0.102. The van der Waals surface area contributed by atoms with Crippen molar-refractivity contribution in [1.29, 1.82) is 0 Å². The van der Waals surface area contributed by atoms with Gasteiger partial charge in [-0.3, -0.25) is 4.79 Å². The van der Waals surface area contributed by atoms with Crippen LogP contribution in [-0.2, 0) is 14.3 Å². The highest BCUT2D eigenvalue weighted by molar-refractivity contribution is 5.69. The van der Waals surface area contributed by atoms with Gasteiger partial charge >= 0.3 is 5.97 Å². The fraction of sp³-hybridized carbons (Fsp3) is 0.933. The summed E-state index contributed by atoms with van der Waals surface area (Å²) in [5.74, 6) is 1.17. The van der Waals surface area contributed by atoms with Crippen molar-refractivity contribution >= 4 is 5.97 Å². The Hall–Kier alpha value is -0.610. The number of nitrogens with two attached hydrogens (primary N) is 1. The largest absolute Gasteiger partial charge is 0.465 e. The highest BCUT2D eigenvalue weighted by Crippen LogP contribution is 2.21. The van der Waals surface area contributed by atoms with Crippen LogP contribution < -0.4 is 5.73 Å². The lowest BCUT2D eigenvalue weighted by atomic mass is 9.94. The molecule has 0 aromatic heterocycles. The molecule has 112 valence electrons. The lowest BCUT2D eigenvalue weighted by Gasteiger charge is -2.27. The fourth-order valence-corrected chi connectivity index (χ4v) is 2.68. The molecular formula is C15H29NO3. The maximum Gasteiger partial charge on any atom is 0.306 e. The topological polar surface area (TPSA) is 61.6 Å². The summed E-state index contributed by atoms with van der Waals surface area (Å²) < 4.78 is 10.9. The highest BCUT2D eigenvalue weighted by Gasteiger charge is 2.21. The van der Waals surface area contributed by atoms with Gasteiger partial charge in [0.05, 0.1) is 12.7 Å². The van der Waals surface area contributed by atoms with Gasteiger partial charge in [-0.25, -0.2) is 0 Å². The van der Waals surface area contributed by atoms with Gasteiger partial charge in [-0.1, -0.05) is 13.8 Å². The Labute approximate surface area is 117 Å². The third-order valence-electron chi connectivity index (χ3n) is 3.67. The maximum absolute atomic E-state index is 11.8. The second-order valence-corrected chi connectivity index (χ2v) is 6.19. The molecule has 3 atom stereocenters. The molecule has 0 radical (unpaired) electrons. The third kappa shape index (κ3) is 6.92. The zero-order valence-corrected chi connectivity index (χ0v) is 12.6. The van der Waals surface area contributed by atoms with Crippen molar-refractivity contribution in [3.8, 4) is 0 Å². The fourth-order valence-electron chi connectivity index (χ4n) is 2.68. The van der Waals surface area contributed by atoms with Crippen LogP contribution in [0.15, 0.2) is 0 Å². The Morgan fingerprint density at radius 3 is 2.79 bits per heavy atom. The molecular weight excluding hydrogens is 242 g/mol. The van der Waals surface area contributed by atoms with Gasteiger partial charge in [0, 0.05) is 13.0 Å². The van der Waals surface area contributed by atoms with Crippen LogP contribution in [0.25, 0.3) is 0 Å². The molecule has 1 saturated heterocycles. The average Bonchev–Trinajstić information content (AvgIpc) is 2.35. The predicted molar refractivity (Wildman–Crippen MR) is 75.7 cm³/mol. The first-order chi connectivity index (χ1) is 9.01. The quantitative estimate of drug-likeness (QED) is 0.722. The standard InChI is InChI=1S/C15H29NO3/c1-11(2)6-14(9-16)8-15(17)19-10-13-4-5-18-12(3)7-13/h11-14H,4-10,16H2,1-3H3/t12?,13?,14-/m0/s1. The minimum Gasteiger partial charge on any atom is -0.465 e. The number of hydrogen-bond donors (Lipinski definition) is 1. The molecule has 0 aliphatic carbocycles. The summed E-state index contributed by atoms with van der Waals surface area (Å²) in [6.07, 6.45) is 3.70. The number of carbonyl (C=O) groups is 1. The van der Waals surface area contributed by atoms with Gasteiger partial charge in [0.2, 0.25) is 0 Å². The molecule has 0 aromatic carbocycles. The predicted octanol–water partition coefficient (Wildman–Crippen LogP) is 2.36. The molecule has 19 heavy (non-hydrogen) atoms. The Morgan fingerprint density at radius 2 is 2.21 bits per heavy atom. The summed E-state index contributed by atoms with van der Waals surface area (Å²) in [6.45, 7) is 8.24. The van der Waals surface area contributed by atoms with E-state index in [1.54, 1.807) is 0 Å². The molecule has 1 aliphatic rings. The molecule has 0 spiro atoms. The summed E-state index contributed by atoms with van der Waals surface area (Å²) in [5, 5.41) is 0. The zero-order chi connectivity index (χ0) is 14.3. The summed E-state index contributed by atoms with van der Waals surface area (Å²) in [6, 6.07) is 0. The van der Waals surface area contributed by atoms with Gasteiger partial charge in [0.25, 0.3) is 0 Å². The summed E-state index contributed by atoms with van der Waals surface area (Å²) in [5.41, 5.74) is 5.70. The van der Waals surface area contributed by atoms with Crippen molar-refractivity contribution in [2.24, 2.45) is 23.5 Å². The van der Waals surface area contributed by atoms with Crippen molar-refractivity contribution in [2.75, 3.05) is 19.8 Å². The van der Waals surface area contributed by atoms with E-state index in [2.05, 4.69) is 20.8 Å². The van der Waals surface area contributed by atoms with Crippen LogP contribution in [0.3, 0.4) is 0 Å². The van der Waals surface area contributed by atoms with E-state index in [1.807, 2.05) is 0 Å². The van der Waals surface area contributed by atoms with E-state index in [9.17, 15) is 4.79 Å². The smallest absolute Gasteiger partial charge is 0.306 e. The van der Waals surface area contributed by atoms with Gasteiger partial charge in [0.1, 0.15) is 0 Å². The highest BCUT2D eigenvalue weighted by atomic mass is 16.5. The summed E-state index contributed by atoms with van der Waals surface area (Å²) in [4.78, 5) is 11.8. The second-order valence-electron chi connectivity index (χ2n) is 6.19. The molecule has 4 heteroatoms. The molecule has 0 amide bonds. The van der Waals surface area contributed by atoms with E-state index >= 15 is 0 Å². The van der Waals surface area contributed by atoms with Gasteiger partial charge in [-0.05, 0) is 50.5 Å². The van der Waals surface area contributed by atoms with Crippen LogP contribution in [0.1, 0.15) is 46.5 Å². The summed E-state index contributed by atoms with van der Waals surface area (Å²) >= 11 is 0. The number of carbonyl (C=O) groups excluding carboxylic acids is 1. The van der Waals surface area contributed by atoms with E-state index in [0.717, 1.165) is 25.9 Å². The van der Waals surface area contributed by atoms with Gasteiger partial charge in [0.15, 0.2) is 0 Å². The van der Waals surface area contributed by atoms with Gasteiger partial charge < -0.3 is 15.2 Å². The maximum atomic E-state index is 11.8. The number of hydrogen-bond acceptors (Lipinski definition) is 4. The van der Waals surface area contributed by atoms with Crippen LogP contribution in [-0.4, -0.2) is 31.8 Å². The first-order valence-electron chi connectivity index (χ1n) is 7.48. The lowest BCUT2D eigenvalue weighted by molar-refractivity contribution is -0.147. The van der Waals surface area contributed by atoms with E-state index in [-0.39, 0.29) is 18.0 Å². The van der Waals surface area contributed by atoms with Crippen molar-refractivity contribution < 1.29 is 14.3 Å². The van der Waals surface area contributed by atoms with Crippen molar-refractivity contribution in [2.45, 2.75) is 52.6 Å². The van der Waals surface area contributed by atoms with E-state index in [0.29, 0.717) is 31.4 Å². The minimum atomic E-state index is -0.102. The van der Waals surface area contributed by atoms with Gasteiger partial charge in [-0.2, -0.15) is 0 Å². The monoisotopic (exact) mass is 271 g/mol. The Morgan fingerprint density at radius 1 is 1.47 bits per heavy atom. The van der Waals surface area contributed by atoms with Crippen LogP contribution in [0.5, 0.6) is 0 Å². The van der Waals surface area contributed by atoms with E-state index in [1.165, 1.54) is 0 Å². The summed E-state index contributed by atoms with van der Waals surface area (Å²) in [7, 11) is 0. The molecule has 0 bridgehead atoms. The Balaban J connectivity index is 2.22. The zero-order valence-electron chi connectivity index (χ0n) is 12.6. The molecule has 4 nitrogen and oxygen atoms in total. The molecule has 1 rings (SSSR count). The molecule has 0 saturated carbocycles. The van der Waals surface area contributed by atoms with E-state index in [4.69, 9.17) is 15.2 Å².